The fraction of sp³-hybridized carbons (Fsp3) is 1.00. The Morgan fingerprint density at radius 1 is 1.55 bits per heavy atom. The second-order valence-electron chi connectivity index (χ2n) is 3.50. The maximum absolute atomic E-state index is 5.12. The van der Waals surface area contributed by atoms with Crippen LogP contribution in [0.5, 0.6) is 0 Å². The van der Waals surface area contributed by atoms with Crippen molar-refractivity contribution in [2.24, 2.45) is 5.92 Å². The summed E-state index contributed by atoms with van der Waals surface area (Å²) < 4.78 is 5.12. The van der Waals surface area contributed by atoms with Crippen molar-refractivity contribution in [1.29, 1.82) is 0 Å². The van der Waals surface area contributed by atoms with Crippen molar-refractivity contribution in [2.45, 2.75) is 32.3 Å². The van der Waals surface area contributed by atoms with E-state index in [0.29, 0.717) is 6.10 Å². The molecule has 1 N–H and O–H groups in total. The van der Waals surface area contributed by atoms with Gasteiger partial charge in [0.05, 0.1) is 6.10 Å². The van der Waals surface area contributed by atoms with Gasteiger partial charge in [0.2, 0.25) is 0 Å². The lowest BCUT2D eigenvalue weighted by atomic mass is 9.85. The van der Waals surface area contributed by atoms with Crippen LogP contribution in [-0.2, 0) is 4.74 Å². The van der Waals surface area contributed by atoms with Gasteiger partial charge in [0.1, 0.15) is 0 Å². The molecule has 0 radical (unpaired) electrons. The van der Waals surface area contributed by atoms with Gasteiger partial charge in [-0.15, -0.1) is 0 Å². The van der Waals surface area contributed by atoms with Crippen LogP contribution in [0, 0.1) is 5.92 Å². The lowest BCUT2D eigenvalue weighted by Gasteiger charge is -2.26. The van der Waals surface area contributed by atoms with E-state index in [9.17, 15) is 0 Å². The van der Waals surface area contributed by atoms with Crippen LogP contribution in [0.25, 0.3) is 0 Å². The number of rotatable bonds is 5. The van der Waals surface area contributed by atoms with E-state index < -0.39 is 0 Å². The number of ether oxygens (including phenoxy) is 1. The molecule has 11 heavy (non-hydrogen) atoms. The van der Waals surface area contributed by atoms with Gasteiger partial charge in [0, 0.05) is 13.7 Å². The third-order valence-corrected chi connectivity index (χ3v) is 2.49. The van der Waals surface area contributed by atoms with Crippen molar-refractivity contribution >= 4 is 0 Å². The van der Waals surface area contributed by atoms with E-state index in [1.54, 1.807) is 7.11 Å². The zero-order chi connectivity index (χ0) is 8.10. The Hall–Kier alpha value is -0.0800. The molecule has 1 fully saturated rings. The summed E-state index contributed by atoms with van der Waals surface area (Å²) in [6, 6.07) is 0. The van der Waals surface area contributed by atoms with Gasteiger partial charge in [-0.1, -0.05) is 6.42 Å². The molecule has 1 rings (SSSR count). The summed E-state index contributed by atoms with van der Waals surface area (Å²) >= 11 is 0. The number of methoxy groups -OCH3 is 1. The van der Waals surface area contributed by atoms with Gasteiger partial charge >= 0.3 is 0 Å². The van der Waals surface area contributed by atoms with Gasteiger partial charge in [-0.25, -0.2) is 0 Å². The molecule has 1 aliphatic carbocycles. The van der Waals surface area contributed by atoms with Crippen molar-refractivity contribution in [3.63, 3.8) is 0 Å². The summed E-state index contributed by atoms with van der Waals surface area (Å²) in [4.78, 5) is 0. The van der Waals surface area contributed by atoms with E-state index in [1.807, 2.05) is 0 Å². The molecule has 0 unspecified atom stereocenters. The van der Waals surface area contributed by atoms with Crippen LogP contribution < -0.4 is 5.32 Å². The zero-order valence-electron chi connectivity index (χ0n) is 7.60. The minimum Gasteiger partial charge on any atom is -0.380 e. The topological polar surface area (TPSA) is 21.3 Å². The van der Waals surface area contributed by atoms with E-state index in [2.05, 4.69) is 12.2 Å². The van der Waals surface area contributed by atoms with E-state index in [-0.39, 0.29) is 0 Å². The Morgan fingerprint density at radius 3 is 2.73 bits per heavy atom. The van der Waals surface area contributed by atoms with Crippen LogP contribution in [0.3, 0.4) is 0 Å². The van der Waals surface area contributed by atoms with Crippen molar-refractivity contribution in [3.8, 4) is 0 Å². The van der Waals surface area contributed by atoms with Crippen LogP contribution in [0.2, 0.25) is 0 Å². The molecule has 0 aromatic carbocycles. The summed E-state index contributed by atoms with van der Waals surface area (Å²) in [6.07, 6.45) is 4.64. The quantitative estimate of drug-likeness (QED) is 0.651. The second-order valence-corrected chi connectivity index (χ2v) is 3.50. The average molecular weight is 157 g/mol. The minimum absolute atomic E-state index is 0.357. The van der Waals surface area contributed by atoms with Gasteiger partial charge < -0.3 is 10.1 Å². The maximum Gasteiger partial charge on any atom is 0.0667 e. The Morgan fingerprint density at radius 2 is 2.27 bits per heavy atom. The first-order chi connectivity index (χ1) is 5.33. The maximum atomic E-state index is 5.12. The number of hydrogen-bond acceptors (Lipinski definition) is 2. The third-order valence-electron chi connectivity index (χ3n) is 2.49. The highest BCUT2D eigenvalue weighted by molar-refractivity contribution is 4.72. The van der Waals surface area contributed by atoms with Crippen LogP contribution >= 0.6 is 0 Å². The molecule has 1 aliphatic rings. The summed E-state index contributed by atoms with van der Waals surface area (Å²) in [5, 5.41) is 3.41. The van der Waals surface area contributed by atoms with E-state index in [4.69, 9.17) is 4.74 Å². The van der Waals surface area contributed by atoms with E-state index in [1.165, 1.54) is 25.8 Å². The fourth-order valence-electron chi connectivity index (χ4n) is 1.27. The van der Waals surface area contributed by atoms with E-state index in [0.717, 1.165) is 12.5 Å². The molecule has 2 nitrogen and oxygen atoms in total. The lowest BCUT2D eigenvalue weighted by molar-refractivity contribution is 0.114. The Labute approximate surface area is 69.3 Å². The van der Waals surface area contributed by atoms with Crippen LogP contribution in [0.15, 0.2) is 0 Å². The molecule has 0 bridgehead atoms. The zero-order valence-corrected chi connectivity index (χ0v) is 7.60. The highest BCUT2D eigenvalue weighted by Gasteiger charge is 2.16. The summed E-state index contributed by atoms with van der Waals surface area (Å²) in [7, 11) is 1.76. The number of nitrogens with one attached hydrogen (secondary N) is 1. The molecule has 0 aliphatic heterocycles. The molecule has 0 aromatic rings. The Kier molecular flexibility index (Phi) is 3.87. The smallest absolute Gasteiger partial charge is 0.0667 e. The molecule has 0 aromatic heterocycles. The van der Waals surface area contributed by atoms with Crippen molar-refractivity contribution in [1.82, 2.24) is 5.32 Å². The summed E-state index contributed by atoms with van der Waals surface area (Å²) in [5.41, 5.74) is 0. The van der Waals surface area contributed by atoms with Crippen molar-refractivity contribution < 1.29 is 4.74 Å². The highest BCUT2D eigenvalue weighted by atomic mass is 16.5. The van der Waals surface area contributed by atoms with Gasteiger partial charge in [-0.05, 0) is 32.2 Å². The molecule has 1 saturated carbocycles. The predicted octanol–water partition coefficient (Wildman–Crippen LogP) is 1.41. The molecule has 66 valence electrons. The van der Waals surface area contributed by atoms with E-state index >= 15 is 0 Å². The van der Waals surface area contributed by atoms with Gasteiger partial charge in [0.25, 0.3) is 0 Å². The molecule has 0 amide bonds. The molecule has 2 heteroatoms. The van der Waals surface area contributed by atoms with Crippen LogP contribution in [0.4, 0.5) is 0 Å². The molecule has 0 spiro atoms. The van der Waals surface area contributed by atoms with Crippen LogP contribution in [-0.4, -0.2) is 26.3 Å². The van der Waals surface area contributed by atoms with Gasteiger partial charge in [-0.3, -0.25) is 0 Å². The monoisotopic (exact) mass is 157 g/mol. The average Bonchev–Trinajstić information content (AvgIpc) is 1.94. The molecule has 1 atom stereocenters. The van der Waals surface area contributed by atoms with Gasteiger partial charge in [0.15, 0.2) is 0 Å². The first kappa shape index (κ1) is 9.01. The molecule has 0 saturated heterocycles. The second kappa shape index (κ2) is 4.73. The predicted molar refractivity (Wildman–Crippen MR) is 46.7 cm³/mol. The standard InChI is InChI=1S/C9H19NO/c1-8(11-2)6-10-7-9-4-3-5-9/h8-10H,3-7H2,1-2H3/t8-/m0/s1. The third kappa shape index (κ3) is 3.21. The summed E-state index contributed by atoms with van der Waals surface area (Å²) in [6.45, 7) is 4.27. The number of hydrogen-bond donors (Lipinski definition) is 1. The lowest BCUT2D eigenvalue weighted by Crippen LogP contribution is -2.32. The SMILES string of the molecule is CO[C@@H](C)CNCC1CCC1. The fourth-order valence-corrected chi connectivity index (χ4v) is 1.27. The Balaban J connectivity index is 1.86. The minimum atomic E-state index is 0.357. The largest absolute Gasteiger partial charge is 0.380 e. The molecular weight excluding hydrogens is 138 g/mol. The molecular formula is C9H19NO. The van der Waals surface area contributed by atoms with Crippen molar-refractivity contribution in [3.05, 3.63) is 0 Å². The van der Waals surface area contributed by atoms with Gasteiger partial charge in [-0.2, -0.15) is 0 Å². The Bertz CT molecular complexity index is 97.0. The first-order valence-electron chi connectivity index (χ1n) is 4.56. The van der Waals surface area contributed by atoms with Crippen molar-refractivity contribution in [2.75, 3.05) is 20.2 Å². The van der Waals surface area contributed by atoms with Crippen LogP contribution in [0.1, 0.15) is 26.2 Å². The summed E-state index contributed by atoms with van der Waals surface area (Å²) in [5.74, 6) is 0.957. The normalized spacial score (nSPS) is 21.3. The highest BCUT2D eigenvalue weighted by Crippen LogP contribution is 2.24. The molecule has 0 heterocycles. The first-order valence-corrected chi connectivity index (χ1v) is 4.56.